The lowest BCUT2D eigenvalue weighted by Crippen LogP contribution is -2.13. The van der Waals surface area contributed by atoms with Gasteiger partial charge in [-0.05, 0) is 60.2 Å². The first-order chi connectivity index (χ1) is 9.10. The van der Waals surface area contributed by atoms with Gasteiger partial charge >= 0.3 is 0 Å². The summed E-state index contributed by atoms with van der Waals surface area (Å²) in [4.78, 5) is 4.36. The average molecular weight is 342 g/mol. The van der Waals surface area contributed by atoms with Gasteiger partial charge < -0.3 is 10.1 Å². The molecule has 2 aromatic rings. The fraction of sp³-hybridized carbons (Fsp3) is 0.214. The molecule has 19 heavy (non-hydrogen) atoms. The van der Waals surface area contributed by atoms with Gasteiger partial charge in [-0.25, -0.2) is 0 Å². The van der Waals surface area contributed by atoms with Gasteiger partial charge in [-0.3, -0.25) is 4.98 Å². The zero-order chi connectivity index (χ0) is 13.8. The third-order valence-corrected chi connectivity index (χ3v) is 3.61. The van der Waals surface area contributed by atoms with E-state index in [2.05, 4.69) is 33.2 Å². The third kappa shape index (κ3) is 3.69. The van der Waals surface area contributed by atoms with E-state index in [1.165, 1.54) is 0 Å². The predicted molar refractivity (Wildman–Crippen MR) is 80.9 cm³/mol. The molecule has 0 aliphatic heterocycles. The Balaban J connectivity index is 2.15. The number of nitrogens with one attached hydrogen (secondary N) is 1. The highest BCUT2D eigenvalue weighted by molar-refractivity contribution is 9.10. The number of nitrogens with zero attached hydrogens (tertiary/aromatic N) is 1. The van der Waals surface area contributed by atoms with Gasteiger partial charge in [-0.2, -0.15) is 0 Å². The zero-order valence-electron chi connectivity index (χ0n) is 10.7. The van der Waals surface area contributed by atoms with Crippen molar-refractivity contribution >= 4 is 27.5 Å². The molecule has 0 fully saturated rings. The summed E-state index contributed by atoms with van der Waals surface area (Å²) >= 11 is 9.30. The van der Waals surface area contributed by atoms with E-state index in [0.717, 1.165) is 10.2 Å². The number of hydrogen-bond donors (Lipinski definition) is 1. The minimum atomic E-state index is 0.219. The van der Waals surface area contributed by atoms with Crippen molar-refractivity contribution in [3.05, 3.63) is 51.7 Å². The van der Waals surface area contributed by atoms with E-state index in [0.29, 0.717) is 16.5 Å². The lowest BCUT2D eigenvalue weighted by atomic mass is 10.2. The van der Waals surface area contributed by atoms with Crippen LogP contribution in [0.1, 0.15) is 18.7 Å². The van der Waals surface area contributed by atoms with Gasteiger partial charge in [-0.1, -0.05) is 11.6 Å². The van der Waals surface area contributed by atoms with Crippen molar-refractivity contribution in [2.45, 2.75) is 13.0 Å². The topological polar surface area (TPSA) is 34.1 Å². The van der Waals surface area contributed by atoms with E-state index in [9.17, 15) is 0 Å². The summed E-state index contributed by atoms with van der Waals surface area (Å²) in [5.74, 6) is 1.40. The van der Waals surface area contributed by atoms with Gasteiger partial charge in [0.05, 0.1) is 16.4 Å². The van der Waals surface area contributed by atoms with E-state index < -0.39 is 0 Å². The molecule has 0 radical (unpaired) electrons. The molecule has 0 aliphatic carbocycles. The summed E-state index contributed by atoms with van der Waals surface area (Å²) in [7, 11) is 1.90. The molecule has 5 heteroatoms. The Morgan fingerprint density at radius 3 is 2.68 bits per heavy atom. The van der Waals surface area contributed by atoms with Crippen LogP contribution in [0.4, 0.5) is 0 Å². The van der Waals surface area contributed by atoms with Gasteiger partial charge in [0, 0.05) is 11.1 Å². The molecule has 0 saturated heterocycles. The van der Waals surface area contributed by atoms with E-state index in [4.69, 9.17) is 16.3 Å². The van der Waals surface area contributed by atoms with Crippen molar-refractivity contribution < 1.29 is 4.74 Å². The zero-order valence-corrected chi connectivity index (χ0v) is 13.0. The van der Waals surface area contributed by atoms with Gasteiger partial charge in [0.15, 0.2) is 0 Å². The average Bonchev–Trinajstić information content (AvgIpc) is 2.42. The standard InChI is InChI=1S/C14H14BrClN2O/c1-9(17-2)13-5-4-11(8-18-13)19-14-6-3-10(16)7-12(14)15/h3-9,17H,1-2H3. The van der Waals surface area contributed by atoms with Crippen LogP contribution in [0.2, 0.25) is 5.02 Å². The number of pyridine rings is 1. The summed E-state index contributed by atoms with van der Waals surface area (Å²) in [5.41, 5.74) is 0.977. The van der Waals surface area contributed by atoms with Crippen molar-refractivity contribution in [3.63, 3.8) is 0 Å². The van der Waals surface area contributed by atoms with Crippen LogP contribution in [0.15, 0.2) is 41.0 Å². The summed E-state index contributed by atoms with van der Waals surface area (Å²) < 4.78 is 6.56. The Hall–Kier alpha value is -1.10. The maximum Gasteiger partial charge on any atom is 0.145 e. The minimum Gasteiger partial charge on any atom is -0.455 e. The molecular formula is C14H14BrClN2O. The third-order valence-electron chi connectivity index (χ3n) is 2.76. The molecule has 0 bridgehead atoms. The molecule has 2 rings (SSSR count). The number of rotatable bonds is 4. The lowest BCUT2D eigenvalue weighted by molar-refractivity contribution is 0.475. The first-order valence-electron chi connectivity index (χ1n) is 5.86. The molecule has 1 aromatic carbocycles. The molecular weight excluding hydrogens is 328 g/mol. The number of halogens is 2. The summed E-state index contributed by atoms with van der Waals surface area (Å²) in [5, 5.41) is 3.80. The highest BCUT2D eigenvalue weighted by Crippen LogP contribution is 2.31. The molecule has 100 valence electrons. The Labute approximate surface area is 126 Å². The monoisotopic (exact) mass is 340 g/mol. The summed E-state index contributed by atoms with van der Waals surface area (Å²) in [6.07, 6.45) is 1.71. The quantitative estimate of drug-likeness (QED) is 0.884. The molecule has 1 atom stereocenters. The SMILES string of the molecule is CNC(C)c1ccc(Oc2ccc(Cl)cc2Br)cn1. The summed E-state index contributed by atoms with van der Waals surface area (Å²) in [6.45, 7) is 2.05. The smallest absolute Gasteiger partial charge is 0.145 e. The number of hydrogen-bond acceptors (Lipinski definition) is 3. The number of ether oxygens (including phenoxy) is 1. The molecule has 1 heterocycles. The van der Waals surface area contributed by atoms with Gasteiger partial charge in [0.1, 0.15) is 11.5 Å². The van der Waals surface area contributed by atoms with E-state index in [-0.39, 0.29) is 6.04 Å². The fourth-order valence-corrected chi connectivity index (χ4v) is 2.30. The molecule has 1 N–H and O–H groups in total. The van der Waals surface area contributed by atoms with Crippen LogP contribution in [-0.4, -0.2) is 12.0 Å². The maximum atomic E-state index is 5.89. The normalized spacial score (nSPS) is 12.2. The molecule has 0 amide bonds. The van der Waals surface area contributed by atoms with E-state index in [1.54, 1.807) is 18.3 Å². The minimum absolute atomic E-state index is 0.219. The Morgan fingerprint density at radius 2 is 2.11 bits per heavy atom. The lowest BCUT2D eigenvalue weighted by Gasteiger charge is -2.11. The fourth-order valence-electron chi connectivity index (χ4n) is 1.54. The van der Waals surface area contributed by atoms with Crippen LogP contribution in [0.5, 0.6) is 11.5 Å². The molecule has 0 spiro atoms. The van der Waals surface area contributed by atoms with Crippen molar-refractivity contribution in [1.82, 2.24) is 10.3 Å². The maximum absolute atomic E-state index is 5.89. The van der Waals surface area contributed by atoms with Crippen LogP contribution in [0, 0.1) is 0 Å². The van der Waals surface area contributed by atoms with Gasteiger partial charge in [0.2, 0.25) is 0 Å². The molecule has 1 unspecified atom stereocenters. The van der Waals surface area contributed by atoms with Crippen LogP contribution in [0.3, 0.4) is 0 Å². The summed E-state index contributed by atoms with van der Waals surface area (Å²) in [6, 6.07) is 9.46. The van der Waals surface area contributed by atoms with E-state index >= 15 is 0 Å². The molecule has 1 aromatic heterocycles. The van der Waals surface area contributed by atoms with Crippen LogP contribution >= 0.6 is 27.5 Å². The Morgan fingerprint density at radius 1 is 1.32 bits per heavy atom. The van der Waals surface area contributed by atoms with Crippen LogP contribution in [0.25, 0.3) is 0 Å². The second-order valence-corrected chi connectivity index (χ2v) is 5.40. The molecule has 3 nitrogen and oxygen atoms in total. The number of benzene rings is 1. The van der Waals surface area contributed by atoms with E-state index in [1.807, 2.05) is 25.2 Å². The van der Waals surface area contributed by atoms with Crippen LogP contribution < -0.4 is 10.1 Å². The van der Waals surface area contributed by atoms with Crippen molar-refractivity contribution in [2.75, 3.05) is 7.05 Å². The van der Waals surface area contributed by atoms with Gasteiger partial charge in [0.25, 0.3) is 0 Å². The van der Waals surface area contributed by atoms with Crippen molar-refractivity contribution in [3.8, 4) is 11.5 Å². The first-order valence-corrected chi connectivity index (χ1v) is 7.03. The first kappa shape index (κ1) is 14.3. The Bertz CT molecular complexity index is 560. The second kappa shape index (κ2) is 6.37. The Kier molecular flexibility index (Phi) is 4.80. The highest BCUT2D eigenvalue weighted by atomic mass is 79.9. The largest absolute Gasteiger partial charge is 0.455 e. The molecule has 0 aliphatic rings. The van der Waals surface area contributed by atoms with Crippen molar-refractivity contribution in [2.24, 2.45) is 0 Å². The number of aromatic nitrogens is 1. The highest BCUT2D eigenvalue weighted by Gasteiger charge is 2.06. The van der Waals surface area contributed by atoms with Gasteiger partial charge in [-0.15, -0.1) is 0 Å². The van der Waals surface area contributed by atoms with Crippen LogP contribution in [-0.2, 0) is 0 Å². The van der Waals surface area contributed by atoms with Crippen molar-refractivity contribution in [1.29, 1.82) is 0 Å². The molecule has 0 saturated carbocycles. The predicted octanol–water partition coefficient (Wildman–Crippen LogP) is 4.57. The second-order valence-electron chi connectivity index (χ2n) is 4.11.